The summed E-state index contributed by atoms with van der Waals surface area (Å²) in [5.41, 5.74) is 0. The van der Waals surface area contributed by atoms with Crippen molar-refractivity contribution in [3.63, 3.8) is 0 Å². The molecule has 0 aliphatic heterocycles. The van der Waals surface area contributed by atoms with E-state index in [2.05, 4.69) is 13.8 Å². The first-order chi connectivity index (χ1) is 5.35. The summed E-state index contributed by atoms with van der Waals surface area (Å²) < 4.78 is 0. The average Bonchev–Trinajstić information content (AvgIpc) is 2.62. The van der Waals surface area contributed by atoms with Crippen molar-refractivity contribution in [2.75, 3.05) is 0 Å². The van der Waals surface area contributed by atoms with Gasteiger partial charge in [0.2, 0.25) is 0 Å². The van der Waals surface area contributed by atoms with Crippen LogP contribution in [-0.4, -0.2) is 0 Å². The van der Waals surface area contributed by atoms with Gasteiger partial charge in [-0.1, -0.05) is 26.7 Å². The van der Waals surface area contributed by atoms with E-state index < -0.39 is 0 Å². The fourth-order valence-electron chi connectivity index (χ4n) is 3.10. The highest BCUT2D eigenvalue weighted by Crippen LogP contribution is 2.56. The van der Waals surface area contributed by atoms with Gasteiger partial charge in [-0.25, -0.2) is 0 Å². The third-order valence-corrected chi connectivity index (χ3v) is 4.00. The van der Waals surface area contributed by atoms with Gasteiger partial charge in [-0.2, -0.15) is 0 Å². The molecule has 64 valence electrons. The van der Waals surface area contributed by atoms with Gasteiger partial charge in [0, 0.05) is 0 Å². The second-order valence-corrected chi connectivity index (χ2v) is 4.56. The van der Waals surface area contributed by atoms with Gasteiger partial charge in [-0.05, 0) is 42.9 Å². The van der Waals surface area contributed by atoms with E-state index in [1.165, 1.54) is 24.7 Å². The van der Waals surface area contributed by atoms with Gasteiger partial charge in [-0.3, -0.25) is 0 Å². The Morgan fingerprint density at radius 1 is 1.00 bits per heavy atom. The topological polar surface area (TPSA) is 0 Å². The molecule has 2 aliphatic rings. The lowest BCUT2D eigenvalue weighted by molar-refractivity contribution is 0.296. The van der Waals surface area contributed by atoms with Crippen LogP contribution in [0.3, 0.4) is 0 Å². The van der Waals surface area contributed by atoms with E-state index in [0.717, 1.165) is 11.8 Å². The van der Waals surface area contributed by atoms with E-state index in [1.54, 1.807) is 19.3 Å². The maximum Gasteiger partial charge on any atom is -0.0380 e. The van der Waals surface area contributed by atoms with Crippen molar-refractivity contribution in [3.8, 4) is 0 Å². The van der Waals surface area contributed by atoms with Gasteiger partial charge in [0.1, 0.15) is 0 Å². The van der Waals surface area contributed by atoms with E-state index in [9.17, 15) is 0 Å². The van der Waals surface area contributed by atoms with Gasteiger partial charge in [0.15, 0.2) is 0 Å². The molecule has 2 saturated carbocycles. The summed E-state index contributed by atoms with van der Waals surface area (Å²) in [5, 5.41) is 0. The molecular formula is C11H20. The molecule has 0 heterocycles. The largest absolute Gasteiger partial charge is 0.0651 e. The predicted octanol–water partition coefficient (Wildman–Crippen LogP) is 3.47. The fraction of sp³-hybridized carbons (Fsp3) is 1.00. The third-order valence-electron chi connectivity index (χ3n) is 4.00. The van der Waals surface area contributed by atoms with Crippen molar-refractivity contribution >= 4 is 0 Å². The molecule has 2 rings (SSSR count). The molecule has 0 bridgehead atoms. The Hall–Kier alpha value is 0. The van der Waals surface area contributed by atoms with E-state index in [4.69, 9.17) is 0 Å². The van der Waals surface area contributed by atoms with Crippen LogP contribution in [0, 0.1) is 23.7 Å². The van der Waals surface area contributed by atoms with Crippen LogP contribution in [0.2, 0.25) is 0 Å². The zero-order valence-electron chi connectivity index (χ0n) is 7.84. The van der Waals surface area contributed by atoms with Gasteiger partial charge >= 0.3 is 0 Å². The van der Waals surface area contributed by atoms with Crippen LogP contribution < -0.4 is 0 Å². The SMILES string of the molecule is CCC(CC)C1C[C@@H]2C[C@@H]2C1. The Morgan fingerprint density at radius 3 is 2.00 bits per heavy atom. The molecule has 2 fully saturated rings. The van der Waals surface area contributed by atoms with E-state index in [1.807, 2.05) is 0 Å². The van der Waals surface area contributed by atoms with Crippen molar-refractivity contribution in [2.45, 2.75) is 46.0 Å². The second kappa shape index (κ2) is 2.80. The average molecular weight is 152 g/mol. The maximum absolute atomic E-state index is 2.36. The van der Waals surface area contributed by atoms with Crippen molar-refractivity contribution in [3.05, 3.63) is 0 Å². The molecule has 2 aliphatic carbocycles. The fourth-order valence-corrected chi connectivity index (χ4v) is 3.10. The Morgan fingerprint density at radius 2 is 1.55 bits per heavy atom. The number of hydrogen-bond acceptors (Lipinski definition) is 0. The zero-order valence-corrected chi connectivity index (χ0v) is 7.84. The molecule has 0 nitrogen and oxygen atoms in total. The van der Waals surface area contributed by atoms with Gasteiger partial charge in [-0.15, -0.1) is 0 Å². The van der Waals surface area contributed by atoms with Crippen molar-refractivity contribution in [1.29, 1.82) is 0 Å². The lowest BCUT2D eigenvalue weighted by Crippen LogP contribution is -2.11. The summed E-state index contributed by atoms with van der Waals surface area (Å²) in [4.78, 5) is 0. The van der Waals surface area contributed by atoms with Crippen LogP contribution in [0.4, 0.5) is 0 Å². The van der Waals surface area contributed by atoms with Crippen LogP contribution >= 0.6 is 0 Å². The lowest BCUT2D eigenvalue weighted by Gasteiger charge is -2.21. The highest BCUT2D eigenvalue weighted by atomic mass is 14.5. The smallest absolute Gasteiger partial charge is 0.0380 e. The summed E-state index contributed by atoms with van der Waals surface area (Å²) >= 11 is 0. The molecule has 0 saturated heterocycles. The first-order valence-corrected chi connectivity index (χ1v) is 5.35. The van der Waals surface area contributed by atoms with Crippen LogP contribution in [0.25, 0.3) is 0 Å². The van der Waals surface area contributed by atoms with E-state index in [0.29, 0.717) is 0 Å². The summed E-state index contributed by atoms with van der Waals surface area (Å²) in [5.74, 6) is 4.54. The highest BCUT2D eigenvalue weighted by molar-refractivity contribution is 4.97. The maximum atomic E-state index is 2.36. The minimum Gasteiger partial charge on any atom is -0.0651 e. The molecule has 1 unspecified atom stereocenters. The van der Waals surface area contributed by atoms with Crippen LogP contribution in [-0.2, 0) is 0 Å². The molecule has 0 aromatic heterocycles. The quantitative estimate of drug-likeness (QED) is 0.581. The van der Waals surface area contributed by atoms with Crippen molar-refractivity contribution < 1.29 is 0 Å². The Bertz CT molecular complexity index is 125. The summed E-state index contributed by atoms with van der Waals surface area (Å²) in [7, 11) is 0. The normalized spacial score (nSPS) is 41.2. The Labute approximate surface area is 70.4 Å². The molecule has 0 radical (unpaired) electrons. The van der Waals surface area contributed by atoms with Gasteiger partial charge < -0.3 is 0 Å². The van der Waals surface area contributed by atoms with Crippen molar-refractivity contribution in [1.82, 2.24) is 0 Å². The lowest BCUT2D eigenvalue weighted by atomic mass is 9.85. The molecule has 3 atom stereocenters. The Kier molecular flexibility index (Phi) is 1.95. The summed E-state index contributed by atoms with van der Waals surface area (Å²) in [6, 6.07) is 0. The minimum absolute atomic E-state index is 1.06. The van der Waals surface area contributed by atoms with Crippen molar-refractivity contribution in [2.24, 2.45) is 23.7 Å². The van der Waals surface area contributed by atoms with Crippen LogP contribution in [0.15, 0.2) is 0 Å². The van der Waals surface area contributed by atoms with Crippen LogP contribution in [0.1, 0.15) is 46.0 Å². The zero-order chi connectivity index (χ0) is 7.84. The molecule has 0 N–H and O–H groups in total. The highest BCUT2D eigenvalue weighted by Gasteiger charge is 2.46. The third kappa shape index (κ3) is 1.32. The summed E-state index contributed by atoms with van der Waals surface area (Å²) in [6.45, 7) is 4.72. The van der Waals surface area contributed by atoms with Gasteiger partial charge in [0.25, 0.3) is 0 Å². The van der Waals surface area contributed by atoms with E-state index in [-0.39, 0.29) is 0 Å². The van der Waals surface area contributed by atoms with E-state index >= 15 is 0 Å². The first-order valence-electron chi connectivity index (χ1n) is 5.35. The Balaban J connectivity index is 1.85. The second-order valence-electron chi connectivity index (χ2n) is 4.56. The monoisotopic (exact) mass is 152 g/mol. The summed E-state index contributed by atoms with van der Waals surface area (Å²) in [6.07, 6.45) is 7.58. The molecule has 0 heteroatoms. The standard InChI is InChI=1S/C11H20/c1-3-8(4-2)9-5-10-7-11(10)6-9/h8-11H,3-7H2,1-2H3/t9?,10-,11+. The van der Waals surface area contributed by atoms with Gasteiger partial charge in [0.05, 0.1) is 0 Å². The predicted molar refractivity (Wildman–Crippen MR) is 48.4 cm³/mol. The number of rotatable bonds is 3. The minimum atomic E-state index is 1.06. The molecule has 0 aromatic rings. The molecule has 0 amide bonds. The number of hydrogen-bond donors (Lipinski definition) is 0. The number of fused-ring (bicyclic) bond motifs is 1. The molecular weight excluding hydrogens is 132 g/mol. The molecule has 11 heavy (non-hydrogen) atoms. The van der Waals surface area contributed by atoms with Crippen LogP contribution in [0.5, 0.6) is 0 Å². The molecule has 0 spiro atoms. The first kappa shape index (κ1) is 7.64. The molecule has 0 aromatic carbocycles.